The molecule has 0 aromatic heterocycles. The summed E-state index contributed by atoms with van der Waals surface area (Å²) in [6.07, 6.45) is 3.22. The Morgan fingerprint density at radius 3 is 2.59 bits per heavy atom. The number of likely N-dealkylation sites (tertiary alicyclic amines) is 1. The summed E-state index contributed by atoms with van der Waals surface area (Å²) in [6.45, 7) is 1.40. The molecule has 0 spiro atoms. The van der Waals surface area contributed by atoms with Crippen LogP contribution in [0.25, 0.3) is 11.1 Å². The lowest BCUT2D eigenvalue weighted by molar-refractivity contribution is 0.0749. The third-order valence-corrected chi connectivity index (χ3v) is 5.99. The minimum Gasteiger partial charge on any atom is -0.337 e. The van der Waals surface area contributed by atoms with Crippen LogP contribution in [0.3, 0.4) is 0 Å². The van der Waals surface area contributed by atoms with Crippen molar-refractivity contribution in [3.05, 3.63) is 57.8 Å². The van der Waals surface area contributed by atoms with Crippen LogP contribution in [0.1, 0.15) is 29.6 Å². The highest BCUT2D eigenvalue weighted by atomic mass is 35.5. The fourth-order valence-electron chi connectivity index (χ4n) is 3.90. The second-order valence-electron chi connectivity index (χ2n) is 7.00. The Bertz CT molecular complexity index is 861. The van der Waals surface area contributed by atoms with Crippen molar-refractivity contribution < 1.29 is 9.18 Å². The lowest BCUT2D eigenvalue weighted by atomic mass is 9.98. The lowest BCUT2D eigenvalue weighted by Gasteiger charge is -2.25. The molecule has 2 aliphatic rings. The van der Waals surface area contributed by atoms with E-state index in [1.54, 1.807) is 24.3 Å². The average Bonchev–Trinajstić information content (AvgIpc) is 2.95. The van der Waals surface area contributed by atoms with Crippen molar-refractivity contribution >= 4 is 41.5 Å². The highest BCUT2D eigenvalue weighted by Gasteiger charge is 2.32. The zero-order valence-electron chi connectivity index (χ0n) is 14.6. The van der Waals surface area contributed by atoms with Crippen LogP contribution in [0.15, 0.2) is 36.4 Å². The monoisotopic (exact) mass is 428 g/mol. The quantitative estimate of drug-likeness (QED) is 0.713. The number of carbonyl (C=O) groups excluding carboxylic acids is 1. The van der Waals surface area contributed by atoms with E-state index in [0.717, 1.165) is 12.8 Å². The highest BCUT2D eigenvalue weighted by molar-refractivity contribution is 6.42. The number of fused-ring (bicyclic) bond motifs is 2. The number of halogens is 4. The Balaban J connectivity index is 0.00000210. The zero-order valence-corrected chi connectivity index (χ0v) is 16.9. The largest absolute Gasteiger partial charge is 0.337 e. The molecule has 7 heteroatoms. The summed E-state index contributed by atoms with van der Waals surface area (Å²) in [5, 5.41) is 4.38. The molecule has 144 valence electrons. The van der Waals surface area contributed by atoms with Gasteiger partial charge in [-0.05, 0) is 60.7 Å². The SMILES string of the molecule is Cl.O=C(c1ccc(F)cc1-c1ccc(Cl)c(Cl)c1)N1CCC2CCC(C1)N2. The first kappa shape index (κ1) is 20.4. The molecule has 2 heterocycles. The van der Waals surface area contributed by atoms with Gasteiger partial charge >= 0.3 is 0 Å². The van der Waals surface area contributed by atoms with Crippen molar-refractivity contribution in [2.75, 3.05) is 13.1 Å². The smallest absolute Gasteiger partial charge is 0.254 e. The Kier molecular flexibility index (Phi) is 6.32. The van der Waals surface area contributed by atoms with E-state index in [0.29, 0.717) is 51.9 Å². The fourth-order valence-corrected chi connectivity index (χ4v) is 4.20. The topological polar surface area (TPSA) is 32.3 Å². The van der Waals surface area contributed by atoms with Gasteiger partial charge in [0.2, 0.25) is 0 Å². The van der Waals surface area contributed by atoms with Crippen molar-refractivity contribution in [3.8, 4) is 11.1 Å². The van der Waals surface area contributed by atoms with E-state index in [1.807, 2.05) is 4.90 Å². The second kappa shape index (κ2) is 8.36. The molecule has 2 aromatic rings. The maximum absolute atomic E-state index is 13.9. The van der Waals surface area contributed by atoms with E-state index >= 15 is 0 Å². The molecule has 2 aliphatic heterocycles. The summed E-state index contributed by atoms with van der Waals surface area (Å²) in [4.78, 5) is 15.1. The molecular weight excluding hydrogens is 410 g/mol. The second-order valence-corrected chi connectivity index (χ2v) is 7.81. The molecule has 2 fully saturated rings. The number of amides is 1. The molecule has 1 amide bonds. The first-order chi connectivity index (χ1) is 12.5. The molecule has 3 nitrogen and oxygen atoms in total. The molecule has 0 saturated carbocycles. The lowest BCUT2D eigenvalue weighted by Crippen LogP contribution is -2.39. The molecule has 0 radical (unpaired) electrons. The van der Waals surface area contributed by atoms with Crippen molar-refractivity contribution in [1.29, 1.82) is 0 Å². The molecular formula is C20H20Cl3FN2O. The molecule has 2 unspecified atom stereocenters. The van der Waals surface area contributed by atoms with E-state index in [-0.39, 0.29) is 24.1 Å². The van der Waals surface area contributed by atoms with E-state index in [9.17, 15) is 9.18 Å². The van der Waals surface area contributed by atoms with E-state index < -0.39 is 0 Å². The fraction of sp³-hybridized carbons (Fsp3) is 0.350. The molecule has 4 rings (SSSR count). The van der Waals surface area contributed by atoms with Gasteiger partial charge in [0.1, 0.15) is 5.82 Å². The predicted molar refractivity (Wildman–Crippen MR) is 110 cm³/mol. The van der Waals surface area contributed by atoms with Gasteiger partial charge in [-0.2, -0.15) is 0 Å². The van der Waals surface area contributed by atoms with Crippen LogP contribution in [-0.2, 0) is 0 Å². The van der Waals surface area contributed by atoms with Crippen molar-refractivity contribution in [3.63, 3.8) is 0 Å². The Morgan fingerprint density at radius 2 is 1.81 bits per heavy atom. The first-order valence-electron chi connectivity index (χ1n) is 8.81. The van der Waals surface area contributed by atoms with Gasteiger partial charge in [-0.15, -0.1) is 12.4 Å². The Labute approximate surface area is 174 Å². The molecule has 27 heavy (non-hydrogen) atoms. The van der Waals surface area contributed by atoms with Gasteiger partial charge in [0.15, 0.2) is 0 Å². The average molecular weight is 430 g/mol. The maximum Gasteiger partial charge on any atom is 0.254 e. The summed E-state index contributed by atoms with van der Waals surface area (Å²) in [7, 11) is 0. The highest BCUT2D eigenvalue weighted by Crippen LogP contribution is 2.32. The van der Waals surface area contributed by atoms with Crippen molar-refractivity contribution in [2.45, 2.75) is 31.3 Å². The summed E-state index contributed by atoms with van der Waals surface area (Å²) in [5.74, 6) is -0.459. The van der Waals surface area contributed by atoms with Gasteiger partial charge in [-0.1, -0.05) is 29.3 Å². The van der Waals surface area contributed by atoms with E-state index in [2.05, 4.69) is 5.32 Å². The van der Waals surface area contributed by atoms with Crippen LogP contribution in [0.5, 0.6) is 0 Å². The summed E-state index contributed by atoms with van der Waals surface area (Å²) < 4.78 is 13.9. The number of benzene rings is 2. The van der Waals surface area contributed by atoms with Gasteiger partial charge < -0.3 is 10.2 Å². The van der Waals surface area contributed by atoms with Gasteiger partial charge in [0, 0.05) is 30.7 Å². The normalized spacial score (nSPS) is 21.5. The van der Waals surface area contributed by atoms with Crippen molar-refractivity contribution in [1.82, 2.24) is 10.2 Å². The van der Waals surface area contributed by atoms with E-state index in [4.69, 9.17) is 23.2 Å². The Morgan fingerprint density at radius 1 is 1.04 bits per heavy atom. The molecule has 0 aliphatic carbocycles. The van der Waals surface area contributed by atoms with Crippen LogP contribution in [0.4, 0.5) is 4.39 Å². The van der Waals surface area contributed by atoms with Crippen LogP contribution < -0.4 is 5.32 Å². The summed E-state index contributed by atoms with van der Waals surface area (Å²) in [6, 6.07) is 10.2. The van der Waals surface area contributed by atoms with Gasteiger partial charge in [-0.3, -0.25) is 4.79 Å². The van der Waals surface area contributed by atoms with Crippen LogP contribution in [-0.4, -0.2) is 36.0 Å². The third kappa shape index (κ3) is 4.24. The third-order valence-electron chi connectivity index (χ3n) is 5.25. The number of hydrogen-bond donors (Lipinski definition) is 1. The first-order valence-corrected chi connectivity index (χ1v) is 9.57. The number of rotatable bonds is 2. The summed E-state index contributed by atoms with van der Waals surface area (Å²) >= 11 is 12.1. The van der Waals surface area contributed by atoms with Gasteiger partial charge in [0.05, 0.1) is 10.0 Å². The van der Waals surface area contributed by atoms with Crippen LogP contribution in [0.2, 0.25) is 10.0 Å². The maximum atomic E-state index is 13.9. The molecule has 2 bridgehead atoms. The predicted octanol–water partition coefficient (Wildman–Crippen LogP) is 5.19. The van der Waals surface area contributed by atoms with Crippen molar-refractivity contribution in [2.24, 2.45) is 0 Å². The molecule has 2 atom stereocenters. The number of hydrogen-bond acceptors (Lipinski definition) is 2. The molecule has 2 saturated heterocycles. The number of nitrogens with zero attached hydrogens (tertiary/aromatic N) is 1. The minimum absolute atomic E-state index is 0. The van der Waals surface area contributed by atoms with E-state index in [1.165, 1.54) is 18.6 Å². The molecule has 2 aromatic carbocycles. The minimum atomic E-state index is -0.390. The van der Waals surface area contributed by atoms with Gasteiger partial charge in [-0.25, -0.2) is 4.39 Å². The Hall–Kier alpha value is -1.33. The molecule has 1 N–H and O–H groups in total. The van der Waals surface area contributed by atoms with Crippen LogP contribution in [0, 0.1) is 5.82 Å². The zero-order chi connectivity index (χ0) is 18.3. The number of nitrogens with one attached hydrogen (secondary N) is 1. The summed E-state index contributed by atoms with van der Waals surface area (Å²) in [5.41, 5.74) is 1.70. The number of carbonyl (C=O) groups is 1. The standard InChI is InChI=1S/C20H19Cl2FN2O.ClH/c21-18-6-1-12(9-19(18)22)17-10-13(23)2-5-16(17)20(26)25-8-7-14-3-4-15(11-25)24-14;/h1-2,5-6,9-10,14-15,24H,3-4,7-8,11H2;1H. The van der Waals surface area contributed by atoms with Crippen LogP contribution >= 0.6 is 35.6 Å². The van der Waals surface area contributed by atoms with Gasteiger partial charge in [0.25, 0.3) is 5.91 Å².